The van der Waals surface area contributed by atoms with E-state index in [0.717, 1.165) is 34.7 Å². The van der Waals surface area contributed by atoms with Crippen LogP contribution in [-0.4, -0.2) is 18.1 Å². The molecule has 0 amide bonds. The van der Waals surface area contributed by atoms with Crippen LogP contribution < -0.4 is 16.0 Å². The molecule has 0 saturated carbocycles. The normalized spacial score (nSPS) is 21.0. The molecule has 53 heavy (non-hydrogen) atoms. The van der Waals surface area contributed by atoms with Crippen molar-refractivity contribution in [1.82, 2.24) is 10.6 Å². The van der Waals surface area contributed by atoms with Gasteiger partial charge in [-0.25, -0.2) is 4.99 Å². The molecule has 5 heteroatoms. The number of aliphatic imine (C=N–C) groups is 2. The Kier molecular flexibility index (Phi) is 7.92. The fraction of sp³-hybridized carbons (Fsp3) is 0.125. The fourth-order valence-electron chi connectivity index (χ4n) is 8.44. The molecular formula is C48H39N5. The third-order valence-corrected chi connectivity index (χ3v) is 11.0. The van der Waals surface area contributed by atoms with Crippen molar-refractivity contribution in [1.29, 1.82) is 0 Å². The zero-order chi connectivity index (χ0) is 35.1. The van der Waals surface area contributed by atoms with Crippen molar-refractivity contribution >= 4 is 23.3 Å². The van der Waals surface area contributed by atoms with Gasteiger partial charge in [0, 0.05) is 28.3 Å². The van der Waals surface area contributed by atoms with Gasteiger partial charge < -0.3 is 10.6 Å². The van der Waals surface area contributed by atoms with E-state index in [-0.39, 0.29) is 24.3 Å². The molecule has 4 atom stereocenters. The van der Waals surface area contributed by atoms with E-state index in [9.17, 15) is 0 Å². The van der Waals surface area contributed by atoms with Crippen LogP contribution in [0.4, 0.5) is 5.69 Å². The average molecular weight is 686 g/mol. The van der Waals surface area contributed by atoms with Crippen LogP contribution in [0.3, 0.4) is 0 Å². The molecule has 3 heterocycles. The highest BCUT2D eigenvalue weighted by Crippen LogP contribution is 2.49. The molecule has 4 aliphatic rings. The Balaban J connectivity index is 1.11. The number of rotatable bonds is 6. The third-order valence-electron chi connectivity index (χ3n) is 11.0. The number of benzene rings is 6. The van der Waals surface area contributed by atoms with Gasteiger partial charge in [0.15, 0.2) is 0 Å². The smallest absolute Gasteiger partial charge is 0.131 e. The maximum absolute atomic E-state index is 5.33. The molecule has 3 N–H and O–H groups in total. The van der Waals surface area contributed by atoms with E-state index in [4.69, 9.17) is 9.98 Å². The van der Waals surface area contributed by atoms with Gasteiger partial charge in [-0.05, 0) is 75.2 Å². The molecule has 6 aromatic carbocycles. The minimum atomic E-state index is -0.270. The third kappa shape index (κ3) is 5.80. The van der Waals surface area contributed by atoms with Crippen LogP contribution >= 0.6 is 0 Å². The summed E-state index contributed by atoms with van der Waals surface area (Å²) in [5.41, 5.74) is 15.8. The van der Waals surface area contributed by atoms with E-state index in [2.05, 4.69) is 180 Å². The van der Waals surface area contributed by atoms with E-state index >= 15 is 0 Å². The molecule has 6 aromatic rings. The quantitative estimate of drug-likeness (QED) is 0.164. The number of nitrogens with one attached hydrogen (secondary N) is 3. The monoisotopic (exact) mass is 685 g/mol. The fourth-order valence-corrected chi connectivity index (χ4v) is 8.44. The summed E-state index contributed by atoms with van der Waals surface area (Å²) in [7, 11) is 0. The molecule has 0 fully saturated rings. The first-order chi connectivity index (χ1) is 26.3. The minimum absolute atomic E-state index is 0.0718. The van der Waals surface area contributed by atoms with Crippen LogP contribution in [0.1, 0.15) is 80.8 Å². The van der Waals surface area contributed by atoms with Gasteiger partial charge in [0.2, 0.25) is 0 Å². The van der Waals surface area contributed by atoms with Gasteiger partial charge in [-0.1, -0.05) is 146 Å². The summed E-state index contributed by atoms with van der Waals surface area (Å²) in [6.45, 7) is 0.712. The van der Waals surface area contributed by atoms with Crippen LogP contribution in [0.5, 0.6) is 0 Å². The van der Waals surface area contributed by atoms with Crippen LogP contribution in [0, 0.1) is 0 Å². The number of nitrogens with zero attached hydrogens (tertiary/aromatic N) is 2. The van der Waals surface area contributed by atoms with Crippen molar-refractivity contribution in [3.05, 3.63) is 214 Å². The van der Waals surface area contributed by atoms with E-state index in [1.54, 1.807) is 0 Å². The first-order valence-corrected chi connectivity index (χ1v) is 18.6. The van der Waals surface area contributed by atoms with Crippen LogP contribution in [0.25, 0.3) is 17.2 Å². The Morgan fingerprint density at radius 2 is 1.28 bits per heavy atom. The first kappa shape index (κ1) is 31.4. The first-order valence-electron chi connectivity index (χ1n) is 18.6. The summed E-state index contributed by atoms with van der Waals surface area (Å²) in [4.78, 5) is 10.2. The molecular weight excluding hydrogens is 647 g/mol. The molecule has 10 rings (SSSR count). The zero-order valence-corrected chi connectivity index (χ0v) is 29.3. The summed E-state index contributed by atoms with van der Waals surface area (Å²) in [6, 6.07) is 52.4. The zero-order valence-electron chi connectivity index (χ0n) is 29.3. The number of allylic oxidation sites excluding steroid dienone is 2. The topological polar surface area (TPSA) is 60.8 Å². The Morgan fingerprint density at radius 3 is 2.08 bits per heavy atom. The Bertz CT molecular complexity index is 2450. The molecule has 3 aliphatic heterocycles. The Labute approximate surface area is 310 Å². The second-order valence-corrected chi connectivity index (χ2v) is 14.2. The van der Waals surface area contributed by atoms with Crippen LogP contribution in [0.15, 0.2) is 174 Å². The van der Waals surface area contributed by atoms with Crippen molar-refractivity contribution in [3.8, 4) is 11.1 Å². The van der Waals surface area contributed by atoms with Gasteiger partial charge in [-0.15, -0.1) is 0 Å². The van der Waals surface area contributed by atoms with Crippen molar-refractivity contribution in [2.75, 3.05) is 11.9 Å². The summed E-state index contributed by atoms with van der Waals surface area (Å²) in [5.74, 6) is 1.05. The minimum Gasteiger partial charge on any atom is -0.374 e. The summed E-state index contributed by atoms with van der Waals surface area (Å²) < 4.78 is 0. The predicted octanol–water partition coefficient (Wildman–Crippen LogP) is 10.1. The predicted molar refractivity (Wildman–Crippen MR) is 217 cm³/mol. The number of para-hydroxylation sites is 1. The summed E-state index contributed by atoms with van der Waals surface area (Å²) in [6.07, 6.45) is 9.56. The lowest BCUT2D eigenvalue weighted by Gasteiger charge is -2.35. The Hall–Kier alpha value is -6.30. The maximum Gasteiger partial charge on any atom is 0.131 e. The largest absolute Gasteiger partial charge is 0.374 e. The average Bonchev–Trinajstić information content (AvgIpc) is 3.79. The number of amidine groups is 1. The summed E-state index contributed by atoms with van der Waals surface area (Å²) >= 11 is 0. The molecule has 4 unspecified atom stereocenters. The highest BCUT2D eigenvalue weighted by molar-refractivity contribution is 6.10. The highest BCUT2D eigenvalue weighted by atomic mass is 15.3. The molecule has 0 saturated heterocycles. The van der Waals surface area contributed by atoms with Crippen molar-refractivity contribution in [2.24, 2.45) is 9.98 Å². The lowest BCUT2D eigenvalue weighted by Crippen LogP contribution is -2.45. The van der Waals surface area contributed by atoms with Gasteiger partial charge in [0.1, 0.15) is 18.2 Å². The SMILES string of the molecule is C1=CC(c2cc(C3N=C(c4ccccc4)NC(c4ccccc4)N3)cc(C3CC=Cc4c3ccc3c4-c4ccccc4NC3c3ccccc3)c2)=NC1. The second-order valence-electron chi connectivity index (χ2n) is 14.2. The van der Waals surface area contributed by atoms with Crippen molar-refractivity contribution < 1.29 is 0 Å². The van der Waals surface area contributed by atoms with Crippen LogP contribution in [0.2, 0.25) is 0 Å². The van der Waals surface area contributed by atoms with E-state index in [1.807, 2.05) is 6.07 Å². The lowest BCUT2D eigenvalue weighted by atomic mass is 9.75. The molecule has 0 aromatic heterocycles. The van der Waals surface area contributed by atoms with Crippen molar-refractivity contribution in [2.45, 2.75) is 30.7 Å². The van der Waals surface area contributed by atoms with E-state index < -0.39 is 0 Å². The molecule has 5 nitrogen and oxygen atoms in total. The summed E-state index contributed by atoms with van der Waals surface area (Å²) in [5, 5.41) is 11.4. The maximum atomic E-state index is 5.33. The molecule has 0 bridgehead atoms. The number of hydrogen-bond donors (Lipinski definition) is 3. The Morgan fingerprint density at radius 1 is 0.566 bits per heavy atom. The molecule has 1 aliphatic carbocycles. The van der Waals surface area contributed by atoms with E-state index in [0.29, 0.717) is 6.54 Å². The second kappa shape index (κ2) is 13.4. The van der Waals surface area contributed by atoms with Gasteiger partial charge in [-0.2, -0.15) is 0 Å². The van der Waals surface area contributed by atoms with E-state index in [1.165, 1.54) is 50.2 Å². The van der Waals surface area contributed by atoms with Gasteiger partial charge in [0.25, 0.3) is 0 Å². The van der Waals surface area contributed by atoms with Gasteiger partial charge >= 0.3 is 0 Å². The lowest BCUT2D eigenvalue weighted by molar-refractivity contribution is 0.408. The molecule has 0 spiro atoms. The highest BCUT2D eigenvalue weighted by Gasteiger charge is 2.32. The van der Waals surface area contributed by atoms with Crippen molar-refractivity contribution in [3.63, 3.8) is 0 Å². The number of anilines is 1. The number of hydrogen-bond acceptors (Lipinski definition) is 5. The van der Waals surface area contributed by atoms with Crippen LogP contribution in [-0.2, 0) is 0 Å². The van der Waals surface area contributed by atoms with Gasteiger partial charge in [-0.3, -0.25) is 10.3 Å². The molecule has 0 radical (unpaired) electrons. The number of fused-ring (bicyclic) bond motifs is 5. The van der Waals surface area contributed by atoms with Gasteiger partial charge in [0.05, 0.1) is 18.3 Å². The standard InChI is InChI=1S/C48H39N5/c1-4-14-31(15-5-1)45-41-26-25-38-37(21-12-22-39(38)44(41)40-20-10-11-23-43(40)50-45)34-28-35(42-24-13-27-49-42)30-36(29-34)48-52-46(32-16-6-2-7-17-32)51-47(53-48)33-18-8-3-9-19-33/h1-20,22-26,28-30,37,45-46,48,50,52H,21,27H2,(H,51,53). The molecule has 256 valence electrons.